The van der Waals surface area contributed by atoms with Gasteiger partial charge in [0.1, 0.15) is 0 Å². The zero-order valence-corrected chi connectivity index (χ0v) is 10.2. The van der Waals surface area contributed by atoms with Crippen molar-refractivity contribution in [1.29, 1.82) is 0 Å². The van der Waals surface area contributed by atoms with Crippen LogP contribution in [-0.4, -0.2) is 50.6 Å². The summed E-state index contributed by atoms with van der Waals surface area (Å²) >= 11 is 0. The summed E-state index contributed by atoms with van der Waals surface area (Å²) in [5, 5.41) is 22.7. The number of hydrogen-bond acceptors (Lipinski definition) is 6. The third kappa shape index (κ3) is 3.24. The smallest absolute Gasteiger partial charge is 0.240 e. The molecule has 0 aromatic carbocycles. The highest BCUT2D eigenvalue weighted by molar-refractivity contribution is 4.90. The van der Waals surface area contributed by atoms with Crippen LogP contribution in [0.1, 0.15) is 25.6 Å². The molecule has 6 heteroatoms. The lowest BCUT2D eigenvalue weighted by molar-refractivity contribution is 0.0572. The predicted octanol–water partition coefficient (Wildman–Crippen LogP) is -0.195. The summed E-state index contributed by atoms with van der Waals surface area (Å²) in [6.07, 6.45) is -0.546. The van der Waals surface area contributed by atoms with E-state index in [0.29, 0.717) is 31.4 Å². The van der Waals surface area contributed by atoms with Crippen LogP contribution < -0.4 is 0 Å². The minimum Gasteiger partial charge on any atom is -0.389 e. The third-order valence-electron chi connectivity index (χ3n) is 2.79. The average Bonchev–Trinajstić information content (AvgIpc) is 2.75. The van der Waals surface area contributed by atoms with Crippen LogP contribution in [0, 0.1) is 5.92 Å². The van der Waals surface area contributed by atoms with E-state index >= 15 is 0 Å². The quantitative estimate of drug-likeness (QED) is 0.760. The van der Waals surface area contributed by atoms with Crippen molar-refractivity contribution < 1.29 is 14.7 Å². The van der Waals surface area contributed by atoms with Gasteiger partial charge in [-0.2, -0.15) is 4.98 Å². The maximum atomic E-state index is 9.41. The van der Waals surface area contributed by atoms with E-state index in [1.54, 1.807) is 0 Å². The molecule has 2 atom stereocenters. The first kappa shape index (κ1) is 12.5. The highest BCUT2D eigenvalue weighted by Gasteiger charge is 2.30. The van der Waals surface area contributed by atoms with E-state index in [0.717, 1.165) is 12.2 Å². The van der Waals surface area contributed by atoms with Crippen LogP contribution in [0.5, 0.6) is 0 Å². The van der Waals surface area contributed by atoms with E-state index in [1.165, 1.54) is 0 Å². The summed E-state index contributed by atoms with van der Waals surface area (Å²) in [4.78, 5) is 6.19. The lowest BCUT2D eigenvalue weighted by atomic mass is 10.1. The summed E-state index contributed by atoms with van der Waals surface area (Å²) in [5.41, 5.74) is 0. The van der Waals surface area contributed by atoms with Gasteiger partial charge in [0.05, 0.1) is 18.8 Å². The Balaban J connectivity index is 1.89. The molecule has 1 saturated heterocycles. The molecule has 1 fully saturated rings. The number of β-amino-alcohol motifs (C(OH)–C–C–N with tert-alkyl or cyclic N) is 2. The fraction of sp³-hybridized carbons (Fsp3) is 0.818. The van der Waals surface area contributed by atoms with Gasteiger partial charge in [-0.3, -0.25) is 4.90 Å². The molecule has 0 spiro atoms. The van der Waals surface area contributed by atoms with Crippen LogP contribution in [0.2, 0.25) is 0 Å². The number of aromatic nitrogens is 2. The molecule has 2 heterocycles. The summed E-state index contributed by atoms with van der Waals surface area (Å²) in [6, 6.07) is 0. The molecule has 2 N–H and O–H groups in total. The van der Waals surface area contributed by atoms with Crippen LogP contribution in [0.3, 0.4) is 0 Å². The van der Waals surface area contributed by atoms with Gasteiger partial charge < -0.3 is 14.7 Å². The number of aliphatic hydroxyl groups is 2. The van der Waals surface area contributed by atoms with E-state index in [-0.39, 0.29) is 0 Å². The molecule has 0 aliphatic carbocycles. The van der Waals surface area contributed by atoms with Gasteiger partial charge in [0, 0.05) is 19.5 Å². The molecule has 0 radical (unpaired) electrons. The molecule has 2 rings (SSSR count). The number of nitrogens with zero attached hydrogens (tertiary/aromatic N) is 3. The molecule has 96 valence electrons. The maximum absolute atomic E-state index is 9.41. The monoisotopic (exact) mass is 241 g/mol. The summed E-state index contributed by atoms with van der Waals surface area (Å²) in [5.74, 6) is 1.76. The maximum Gasteiger partial charge on any atom is 0.240 e. The molecule has 2 unspecified atom stereocenters. The first-order chi connectivity index (χ1) is 8.04. The Morgan fingerprint density at radius 1 is 1.35 bits per heavy atom. The van der Waals surface area contributed by atoms with Gasteiger partial charge in [-0.15, -0.1) is 0 Å². The molecule has 0 amide bonds. The number of hydrogen-bond donors (Lipinski definition) is 2. The number of likely N-dealkylation sites (tertiary alicyclic amines) is 1. The van der Waals surface area contributed by atoms with Crippen LogP contribution in [0.25, 0.3) is 0 Å². The van der Waals surface area contributed by atoms with Crippen molar-refractivity contribution in [2.75, 3.05) is 13.1 Å². The van der Waals surface area contributed by atoms with Crippen LogP contribution in [0.15, 0.2) is 4.52 Å². The zero-order chi connectivity index (χ0) is 12.4. The van der Waals surface area contributed by atoms with Crippen LogP contribution >= 0.6 is 0 Å². The van der Waals surface area contributed by atoms with E-state index in [2.05, 4.69) is 24.0 Å². The zero-order valence-electron chi connectivity index (χ0n) is 10.2. The summed E-state index contributed by atoms with van der Waals surface area (Å²) in [6.45, 7) is 5.58. The molecule has 1 aromatic rings. The second kappa shape index (κ2) is 5.12. The molecule has 0 bridgehead atoms. The lowest BCUT2D eigenvalue weighted by Gasteiger charge is -2.10. The van der Waals surface area contributed by atoms with Crippen LogP contribution in [0.4, 0.5) is 0 Å². The average molecular weight is 241 g/mol. The van der Waals surface area contributed by atoms with Gasteiger partial charge in [-0.1, -0.05) is 19.0 Å². The first-order valence-corrected chi connectivity index (χ1v) is 5.94. The van der Waals surface area contributed by atoms with Gasteiger partial charge in [-0.05, 0) is 5.92 Å². The highest BCUT2D eigenvalue weighted by atomic mass is 16.5. The normalized spacial score (nSPS) is 25.9. The van der Waals surface area contributed by atoms with Crippen molar-refractivity contribution in [3.63, 3.8) is 0 Å². The molecule has 17 heavy (non-hydrogen) atoms. The van der Waals surface area contributed by atoms with Gasteiger partial charge in [-0.25, -0.2) is 0 Å². The topological polar surface area (TPSA) is 82.6 Å². The largest absolute Gasteiger partial charge is 0.389 e. The van der Waals surface area contributed by atoms with E-state index < -0.39 is 12.2 Å². The lowest BCUT2D eigenvalue weighted by Crippen LogP contribution is -2.22. The van der Waals surface area contributed by atoms with Crippen molar-refractivity contribution in [3.05, 3.63) is 11.7 Å². The van der Waals surface area contributed by atoms with Crippen molar-refractivity contribution in [2.24, 2.45) is 5.92 Å². The van der Waals surface area contributed by atoms with E-state index in [9.17, 15) is 10.2 Å². The second-order valence-corrected chi connectivity index (χ2v) is 5.03. The Morgan fingerprint density at radius 2 is 2.00 bits per heavy atom. The Hall–Kier alpha value is -0.980. The van der Waals surface area contributed by atoms with E-state index in [1.807, 2.05) is 4.90 Å². The van der Waals surface area contributed by atoms with Crippen molar-refractivity contribution in [3.8, 4) is 0 Å². The minimum absolute atomic E-state index is 0.447. The summed E-state index contributed by atoms with van der Waals surface area (Å²) < 4.78 is 5.13. The Kier molecular flexibility index (Phi) is 3.76. The van der Waals surface area contributed by atoms with Crippen molar-refractivity contribution >= 4 is 0 Å². The Bertz CT molecular complexity index is 357. The minimum atomic E-state index is -0.673. The molecular formula is C11H19N3O3. The number of aliphatic hydroxyl groups excluding tert-OH is 2. The third-order valence-corrected chi connectivity index (χ3v) is 2.79. The molecule has 1 aromatic heterocycles. The molecule has 0 saturated carbocycles. The Morgan fingerprint density at radius 3 is 2.59 bits per heavy atom. The summed E-state index contributed by atoms with van der Waals surface area (Å²) in [7, 11) is 0. The Labute approximate surface area is 100 Å². The fourth-order valence-corrected chi connectivity index (χ4v) is 1.97. The van der Waals surface area contributed by atoms with Crippen molar-refractivity contribution in [1.82, 2.24) is 15.0 Å². The fourth-order valence-electron chi connectivity index (χ4n) is 1.97. The van der Waals surface area contributed by atoms with Crippen LogP contribution in [-0.2, 0) is 13.0 Å². The SMILES string of the molecule is CC(C)Cc1noc(CN2CC(O)C(O)C2)n1. The van der Waals surface area contributed by atoms with Gasteiger partial charge in [0.15, 0.2) is 5.82 Å². The first-order valence-electron chi connectivity index (χ1n) is 5.94. The van der Waals surface area contributed by atoms with Gasteiger partial charge >= 0.3 is 0 Å². The van der Waals surface area contributed by atoms with E-state index in [4.69, 9.17) is 4.52 Å². The van der Waals surface area contributed by atoms with Gasteiger partial charge in [0.25, 0.3) is 0 Å². The molecule has 1 aliphatic heterocycles. The molecule has 6 nitrogen and oxygen atoms in total. The predicted molar refractivity (Wildman–Crippen MR) is 60.1 cm³/mol. The second-order valence-electron chi connectivity index (χ2n) is 5.03. The molecule has 1 aliphatic rings. The molecular weight excluding hydrogens is 222 g/mol. The number of rotatable bonds is 4. The highest BCUT2D eigenvalue weighted by Crippen LogP contribution is 2.13. The van der Waals surface area contributed by atoms with Gasteiger partial charge in [0.2, 0.25) is 5.89 Å². The van der Waals surface area contributed by atoms with Crippen molar-refractivity contribution in [2.45, 2.75) is 39.0 Å². The standard InChI is InChI=1S/C11H19N3O3/c1-7(2)3-10-12-11(17-13-10)6-14-4-8(15)9(16)5-14/h7-9,15-16H,3-6H2,1-2H3.